The molecule has 0 fully saturated rings. The highest BCUT2D eigenvalue weighted by Crippen LogP contribution is 2.19. The molecule has 0 spiro atoms. The van der Waals surface area contributed by atoms with Crippen molar-refractivity contribution in [2.24, 2.45) is 17.8 Å². The molecule has 78 valence electrons. The molecule has 0 aliphatic carbocycles. The molecular weight excluding hydrogens is 186 g/mol. The minimum Gasteiger partial charge on any atom is -0.355 e. The fourth-order valence-corrected chi connectivity index (χ4v) is 1.61. The van der Waals surface area contributed by atoms with E-state index >= 15 is 0 Å². The van der Waals surface area contributed by atoms with Crippen LogP contribution in [0.2, 0.25) is 0 Å². The average molecular weight is 206 g/mol. The minimum atomic E-state index is -0.0760. The van der Waals surface area contributed by atoms with Gasteiger partial charge in [-0.15, -0.1) is 11.6 Å². The van der Waals surface area contributed by atoms with Gasteiger partial charge in [-0.3, -0.25) is 4.79 Å². The molecule has 0 radical (unpaired) electrons. The summed E-state index contributed by atoms with van der Waals surface area (Å²) in [4.78, 5) is 10.9. The van der Waals surface area contributed by atoms with Crippen LogP contribution in [-0.2, 0) is 4.79 Å². The van der Waals surface area contributed by atoms with Crippen molar-refractivity contribution in [3.63, 3.8) is 0 Å². The van der Waals surface area contributed by atoms with E-state index in [-0.39, 0.29) is 11.8 Å². The average Bonchev–Trinajstić information content (AvgIpc) is 2.03. The Morgan fingerprint density at radius 2 is 1.69 bits per heavy atom. The van der Waals surface area contributed by atoms with Gasteiger partial charge in [-0.2, -0.15) is 0 Å². The summed E-state index contributed by atoms with van der Waals surface area (Å²) in [6.45, 7) is 9.45. The van der Waals surface area contributed by atoms with Crippen molar-refractivity contribution in [1.82, 2.24) is 5.32 Å². The molecular formula is C10H20ClNO. The molecule has 0 aromatic rings. The molecule has 0 aliphatic heterocycles. The summed E-state index contributed by atoms with van der Waals surface area (Å²) in [5, 5.41) is 2.82. The molecule has 1 amide bonds. The second-order valence-electron chi connectivity index (χ2n) is 4.09. The summed E-state index contributed by atoms with van der Waals surface area (Å²) < 4.78 is 0. The summed E-state index contributed by atoms with van der Waals surface area (Å²) in [5.41, 5.74) is 0. The van der Waals surface area contributed by atoms with Gasteiger partial charge < -0.3 is 5.32 Å². The molecule has 0 unspecified atom stereocenters. The van der Waals surface area contributed by atoms with Gasteiger partial charge in [-0.05, 0) is 17.8 Å². The normalized spacial score (nSPS) is 11.4. The van der Waals surface area contributed by atoms with Gasteiger partial charge in [-0.1, -0.05) is 27.7 Å². The lowest BCUT2D eigenvalue weighted by atomic mass is 9.85. The Morgan fingerprint density at radius 1 is 1.23 bits per heavy atom. The fourth-order valence-electron chi connectivity index (χ4n) is 1.52. The molecule has 1 N–H and O–H groups in total. The second kappa shape index (κ2) is 6.25. The lowest BCUT2D eigenvalue weighted by molar-refractivity contribution is -0.119. The van der Waals surface area contributed by atoms with Crippen molar-refractivity contribution in [3.8, 4) is 0 Å². The zero-order valence-corrected chi connectivity index (χ0v) is 9.69. The third-order valence-electron chi connectivity index (χ3n) is 2.37. The Labute approximate surface area is 86.0 Å². The summed E-state index contributed by atoms with van der Waals surface area (Å²) in [5.74, 6) is 1.70. The molecule has 0 rings (SSSR count). The molecule has 0 aromatic heterocycles. The van der Waals surface area contributed by atoms with Crippen molar-refractivity contribution in [1.29, 1.82) is 0 Å². The van der Waals surface area contributed by atoms with Crippen LogP contribution < -0.4 is 5.32 Å². The number of rotatable bonds is 5. The maximum atomic E-state index is 10.9. The topological polar surface area (TPSA) is 29.1 Å². The van der Waals surface area contributed by atoms with Crippen LogP contribution in [0.15, 0.2) is 0 Å². The molecule has 13 heavy (non-hydrogen) atoms. The first-order valence-corrected chi connectivity index (χ1v) is 5.35. The zero-order chi connectivity index (χ0) is 10.4. The van der Waals surface area contributed by atoms with E-state index in [1.807, 2.05) is 0 Å². The molecule has 0 saturated carbocycles. The van der Waals surface area contributed by atoms with Crippen molar-refractivity contribution in [3.05, 3.63) is 0 Å². The van der Waals surface area contributed by atoms with Gasteiger partial charge in [0.05, 0.1) is 0 Å². The van der Waals surface area contributed by atoms with Gasteiger partial charge in [0, 0.05) is 6.54 Å². The lowest BCUT2D eigenvalue weighted by Gasteiger charge is -2.24. The van der Waals surface area contributed by atoms with Crippen LogP contribution in [0.5, 0.6) is 0 Å². The highest BCUT2D eigenvalue weighted by atomic mass is 35.5. The maximum Gasteiger partial charge on any atom is 0.234 e. The van der Waals surface area contributed by atoms with Gasteiger partial charge in [-0.25, -0.2) is 0 Å². The van der Waals surface area contributed by atoms with Gasteiger partial charge in [0.2, 0.25) is 5.91 Å². The van der Waals surface area contributed by atoms with E-state index in [2.05, 4.69) is 33.0 Å². The van der Waals surface area contributed by atoms with Crippen LogP contribution in [0.3, 0.4) is 0 Å². The molecule has 0 bridgehead atoms. The van der Waals surface area contributed by atoms with Gasteiger partial charge in [0.25, 0.3) is 0 Å². The fraction of sp³-hybridized carbons (Fsp3) is 0.900. The maximum absolute atomic E-state index is 10.9. The highest BCUT2D eigenvalue weighted by molar-refractivity contribution is 6.27. The van der Waals surface area contributed by atoms with E-state index in [1.54, 1.807) is 0 Å². The summed E-state index contributed by atoms with van der Waals surface area (Å²) in [6.07, 6.45) is 0. The third-order valence-corrected chi connectivity index (χ3v) is 2.61. The van der Waals surface area contributed by atoms with Crippen LogP contribution in [-0.4, -0.2) is 18.3 Å². The smallest absolute Gasteiger partial charge is 0.234 e. The standard InChI is InChI=1S/C10H20ClNO/c1-7(2)9(8(3)4)6-12-10(13)5-11/h7-9H,5-6H2,1-4H3,(H,12,13). The van der Waals surface area contributed by atoms with E-state index in [1.165, 1.54) is 0 Å². The molecule has 0 heterocycles. The number of halogens is 1. The number of alkyl halides is 1. The van der Waals surface area contributed by atoms with E-state index in [0.717, 1.165) is 6.54 Å². The van der Waals surface area contributed by atoms with Gasteiger partial charge in [0.1, 0.15) is 5.88 Å². The molecule has 3 heteroatoms. The Morgan fingerprint density at radius 3 is 2.00 bits per heavy atom. The van der Waals surface area contributed by atoms with E-state index in [0.29, 0.717) is 17.8 Å². The summed E-state index contributed by atoms with van der Waals surface area (Å²) in [7, 11) is 0. The van der Waals surface area contributed by atoms with Crippen molar-refractivity contribution in [2.75, 3.05) is 12.4 Å². The Kier molecular flexibility index (Phi) is 6.13. The lowest BCUT2D eigenvalue weighted by Crippen LogP contribution is -2.34. The predicted octanol–water partition coefficient (Wildman–Crippen LogP) is 2.27. The van der Waals surface area contributed by atoms with E-state index in [4.69, 9.17) is 11.6 Å². The Balaban J connectivity index is 3.90. The first kappa shape index (κ1) is 12.8. The van der Waals surface area contributed by atoms with Gasteiger partial charge >= 0.3 is 0 Å². The number of hydrogen-bond donors (Lipinski definition) is 1. The van der Waals surface area contributed by atoms with E-state index < -0.39 is 0 Å². The van der Waals surface area contributed by atoms with Crippen molar-refractivity contribution >= 4 is 17.5 Å². The molecule has 0 aromatic carbocycles. The van der Waals surface area contributed by atoms with Crippen LogP contribution in [0.1, 0.15) is 27.7 Å². The molecule has 0 saturated heterocycles. The van der Waals surface area contributed by atoms with Crippen LogP contribution in [0.25, 0.3) is 0 Å². The first-order chi connectivity index (χ1) is 5.99. The van der Waals surface area contributed by atoms with Crippen LogP contribution in [0, 0.1) is 17.8 Å². The largest absolute Gasteiger partial charge is 0.355 e. The van der Waals surface area contributed by atoms with Gasteiger partial charge in [0.15, 0.2) is 0 Å². The Bertz CT molecular complexity index is 149. The number of carbonyl (C=O) groups is 1. The third kappa shape index (κ3) is 5.14. The monoisotopic (exact) mass is 205 g/mol. The van der Waals surface area contributed by atoms with Crippen molar-refractivity contribution < 1.29 is 4.79 Å². The number of amides is 1. The minimum absolute atomic E-state index is 0.0584. The van der Waals surface area contributed by atoms with E-state index in [9.17, 15) is 4.79 Å². The number of hydrogen-bond acceptors (Lipinski definition) is 1. The number of nitrogens with one attached hydrogen (secondary N) is 1. The second-order valence-corrected chi connectivity index (χ2v) is 4.36. The van der Waals surface area contributed by atoms with Crippen LogP contribution in [0.4, 0.5) is 0 Å². The number of carbonyl (C=O) groups excluding carboxylic acids is 1. The highest BCUT2D eigenvalue weighted by Gasteiger charge is 2.17. The van der Waals surface area contributed by atoms with Crippen LogP contribution >= 0.6 is 11.6 Å². The van der Waals surface area contributed by atoms with Crippen molar-refractivity contribution in [2.45, 2.75) is 27.7 Å². The SMILES string of the molecule is CC(C)C(CNC(=O)CCl)C(C)C. The molecule has 2 nitrogen and oxygen atoms in total. The predicted molar refractivity (Wildman–Crippen MR) is 56.9 cm³/mol. The first-order valence-electron chi connectivity index (χ1n) is 4.81. The molecule has 0 aliphatic rings. The quantitative estimate of drug-likeness (QED) is 0.686. The summed E-state index contributed by atoms with van der Waals surface area (Å²) >= 11 is 5.38. The zero-order valence-electron chi connectivity index (χ0n) is 8.93. The Hall–Kier alpha value is -0.240. The summed E-state index contributed by atoms with van der Waals surface area (Å²) in [6, 6.07) is 0. The molecule has 0 atom stereocenters.